The monoisotopic (exact) mass is 447 g/mol. The van der Waals surface area contributed by atoms with Crippen LogP contribution in [-0.4, -0.2) is 62.9 Å². The smallest absolute Gasteiger partial charge is 0.255 e. The maximum Gasteiger partial charge on any atom is 0.255 e. The molecule has 1 saturated heterocycles. The third kappa shape index (κ3) is 4.12. The number of anilines is 1. The zero-order chi connectivity index (χ0) is 20.6. The zero-order valence-corrected chi connectivity index (χ0v) is 18.6. The molecule has 152 valence electrons. The first-order valence-corrected chi connectivity index (χ1v) is 13.1. The average molecular weight is 448 g/mol. The van der Waals surface area contributed by atoms with Crippen molar-refractivity contribution in [3.05, 3.63) is 48.0 Å². The second-order valence-electron chi connectivity index (χ2n) is 6.88. The summed E-state index contributed by atoms with van der Waals surface area (Å²) in [4.78, 5) is 22.9. The number of sulfone groups is 1. The molecule has 0 unspecified atom stereocenters. The Hall–Kier alpha value is -2.10. The highest BCUT2D eigenvalue weighted by molar-refractivity contribution is 7.98. The summed E-state index contributed by atoms with van der Waals surface area (Å²) in [5.41, 5.74) is 1.55. The van der Waals surface area contributed by atoms with E-state index in [2.05, 4.69) is 9.88 Å². The van der Waals surface area contributed by atoms with E-state index >= 15 is 0 Å². The molecule has 2 aromatic carbocycles. The molecule has 29 heavy (non-hydrogen) atoms. The van der Waals surface area contributed by atoms with E-state index in [1.165, 1.54) is 17.6 Å². The van der Waals surface area contributed by atoms with Gasteiger partial charge in [0, 0.05) is 37.3 Å². The number of thioether (sulfide) groups is 1. The van der Waals surface area contributed by atoms with E-state index in [1.807, 2.05) is 35.4 Å². The molecule has 2 heterocycles. The molecule has 6 nitrogen and oxygen atoms in total. The number of hydrogen-bond acceptors (Lipinski definition) is 7. The summed E-state index contributed by atoms with van der Waals surface area (Å²) >= 11 is 3.07. The van der Waals surface area contributed by atoms with E-state index in [-0.39, 0.29) is 5.91 Å². The van der Waals surface area contributed by atoms with Crippen LogP contribution in [0.15, 0.2) is 52.3 Å². The molecule has 0 atom stereocenters. The van der Waals surface area contributed by atoms with Crippen molar-refractivity contribution in [1.29, 1.82) is 0 Å². The molecule has 3 aromatic rings. The van der Waals surface area contributed by atoms with Gasteiger partial charge in [0.25, 0.3) is 5.91 Å². The van der Waals surface area contributed by atoms with Crippen molar-refractivity contribution in [3.8, 4) is 0 Å². The van der Waals surface area contributed by atoms with Gasteiger partial charge in [-0.05, 0) is 36.6 Å². The Bertz CT molecular complexity index is 1170. The fourth-order valence-corrected chi connectivity index (χ4v) is 5.72. The van der Waals surface area contributed by atoms with Crippen LogP contribution in [-0.2, 0) is 9.84 Å². The van der Waals surface area contributed by atoms with Gasteiger partial charge in [-0.3, -0.25) is 4.79 Å². The molecule has 1 fully saturated rings. The molecule has 1 aromatic heterocycles. The van der Waals surface area contributed by atoms with Crippen molar-refractivity contribution >= 4 is 54.2 Å². The lowest BCUT2D eigenvalue weighted by atomic mass is 10.2. The predicted molar refractivity (Wildman–Crippen MR) is 119 cm³/mol. The second-order valence-corrected chi connectivity index (χ2v) is 10.8. The number of benzene rings is 2. The number of carbonyl (C=O) groups excluding carboxylic acids is 1. The number of carbonyl (C=O) groups is 1. The minimum Gasteiger partial charge on any atom is -0.345 e. The van der Waals surface area contributed by atoms with Crippen molar-refractivity contribution in [2.24, 2.45) is 0 Å². The quantitative estimate of drug-likeness (QED) is 0.571. The van der Waals surface area contributed by atoms with Crippen LogP contribution >= 0.6 is 23.1 Å². The fourth-order valence-electron chi connectivity index (χ4n) is 3.35. The Morgan fingerprint density at radius 3 is 2.52 bits per heavy atom. The number of piperazine rings is 1. The molecule has 0 spiro atoms. The highest BCUT2D eigenvalue weighted by Crippen LogP contribution is 2.31. The normalized spacial score (nSPS) is 15.1. The van der Waals surface area contributed by atoms with Gasteiger partial charge in [0.05, 0.1) is 20.7 Å². The largest absolute Gasteiger partial charge is 0.345 e. The second kappa shape index (κ2) is 7.97. The predicted octanol–water partition coefficient (Wildman–Crippen LogP) is 3.38. The molecule has 9 heteroatoms. The molecule has 0 radical (unpaired) electrons. The highest BCUT2D eigenvalue weighted by Gasteiger charge is 2.25. The summed E-state index contributed by atoms with van der Waals surface area (Å²) in [7, 11) is -3.24. The van der Waals surface area contributed by atoms with Gasteiger partial charge < -0.3 is 9.80 Å². The number of thiazole rings is 1. The van der Waals surface area contributed by atoms with Gasteiger partial charge in [0.1, 0.15) is 0 Å². The maximum absolute atomic E-state index is 12.9. The summed E-state index contributed by atoms with van der Waals surface area (Å²) in [5, 5.41) is 0.863. The molecule has 4 rings (SSSR count). The number of nitrogens with zero attached hydrogens (tertiary/aromatic N) is 3. The summed E-state index contributed by atoms with van der Waals surface area (Å²) in [6.45, 7) is 2.66. The van der Waals surface area contributed by atoms with Crippen molar-refractivity contribution in [3.63, 3.8) is 0 Å². The highest BCUT2D eigenvalue weighted by atomic mass is 32.2. The lowest BCUT2D eigenvalue weighted by Crippen LogP contribution is -2.48. The number of rotatable bonds is 4. The SMILES string of the molecule is CSc1ccccc1C(=O)N1CCN(c2nc3ccc(S(C)(=O)=O)cc3s2)CC1. The Labute approximate surface area is 178 Å². The first-order chi connectivity index (χ1) is 13.9. The van der Waals surface area contributed by atoms with Crippen LogP contribution in [0.25, 0.3) is 10.2 Å². The van der Waals surface area contributed by atoms with Crippen LogP contribution < -0.4 is 4.90 Å². The molecule has 0 aliphatic carbocycles. The molecular weight excluding hydrogens is 426 g/mol. The number of aromatic nitrogens is 1. The van der Waals surface area contributed by atoms with E-state index in [0.717, 1.165) is 25.8 Å². The van der Waals surface area contributed by atoms with Crippen molar-refractivity contribution in [2.75, 3.05) is 43.6 Å². The van der Waals surface area contributed by atoms with E-state index in [0.29, 0.717) is 31.1 Å². The van der Waals surface area contributed by atoms with Crippen molar-refractivity contribution in [2.45, 2.75) is 9.79 Å². The zero-order valence-electron chi connectivity index (χ0n) is 16.2. The van der Waals surface area contributed by atoms with Gasteiger partial charge in [0.2, 0.25) is 0 Å². The van der Waals surface area contributed by atoms with Crippen LogP contribution in [0.2, 0.25) is 0 Å². The van der Waals surface area contributed by atoms with Crippen molar-refractivity contribution in [1.82, 2.24) is 9.88 Å². The minimum absolute atomic E-state index is 0.0664. The van der Waals surface area contributed by atoms with Crippen LogP contribution in [0.5, 0.6) is 0 Å². The molecule has 0 saturated carbocycles. The van der Waals surface area contributed by atoms with Crippen LogP contribution in [0, 0.1) is 0 Å². The first kappa shape index (κ1) is 20.2. The summed E-state index contributed by atoms with van der Waals surface area (Å²) in [6, 6.07) is 12.7. The topological polar surface area (TPSA) is 70.6 Å². The number of hydrogen-bond donors (Lipinski definition) is 0. The lowest BCUT2D eigenvalue weighted by Gasteiger charge is -2.34. The standard InChI is InChI=1S/C20H21N3O3S3/c1-27-17-6-4-3-5-15(17)19(24)22-9-11-23(12-10-22)20-21-16-8-7-14(29(2,25)26)13-18(16)28-20/h3-8,13H,9-12H2,1-2H3. The summed E-state index contributed by atoms with van der Waals surface area (Å²) in [6.07, 6.45) is 3.19. The van der Waals surface area contributed by atoms with Crippen molar-refractivity contribution < 1.29 is 13.2 Å². The van der Waals surface area contributed by atoms with E-state index in [1.54, 1.807) is 30.0 Å². The molecule has 1 aliphatic heterocycles. The van der Waals surface area contributed by atoms with Crippen LogP contribution in [0.4, 0.5) is 5.13 Å². The summed E-state index contributed by atoms with van der Waals surface area (Å²) in [5.74, 6) is 0.0664. The Kier molecular flexibility index (Phi) is 5.54. The minimum atomic E-state index is -3.24. The van der Waals surface area contributed by atoms with E-state index in [4.69, 9.17) is 0 Å². The maximum atomic E-state index is 12.9. The Balaban J connectivity index is 1.49. The molecule has 0 N–H and O–H groups in total. The molecular formula is C20H21N3O3S3. The van der Waals surface area contributed by atoms with Gasteiger partial charge in [-0.15, -0.1) is 11.8 Å². The summed E-state index contributed by atoms with van der Waals surface area (Å²) < 4.78 is 24.4. The fraction of sp³-hybridized carbons (Fsp3) is 0.300. The third-order valence-electron chi connectivity index (χ3n) is 4.95. The third-order valence-corrected chi connectivity index (χ3v) is 7.94. The van der Waals surface area contributed by atoms with Gasteiger partial charge in [-0.2, -0.15) is 0 Å². The first-order valence-electron chi connectivity index (χ1n) is 9.15. The number of amides is 1. The Morgan fingerprint density at radius 1 is 1.10 bits per heavy atom. The van der Waals surface area contributed by atoms with Gasteiger partial charge in [0.15, 0.2) is 15.0 Å². The van der Waals surface area contributed by atoms with Gasteiger partial charge >= 0.3 is 0 Å². The van der Waals surface area contributed by atoms with Gasteiger partial charge in [-0.1, -0.05) is 23.5 Å². The molecule has 1 amide bonds. The van der Waals surface area contributed by atoms with Gasteiger partial charge in [-0.25, -0.2) is 13.4 Å². The van der Waals surface area contributed by atoms with E-state index < -0.39 is 9.84 Å². The van der Waals surface area contributed by atoms with Crippen LogP contribution in [0.3, 0.4) is 0 Å². The Morgan fingerprint density at radius 2 is 1.83 bits per heavy atom. The van der Waals surface area contributed by atoms with Crippen LogP contribution in [0.1, 0.15) is 10.4 Å². The van der Waals surface area contributed by atoms with E-state index in [9.17, 15) is 13.2 Å². The number of fused-ring (bicyclic) bond motifs is 1. The molecule has 0 bridgehead atoms. The average Bonchev–Trinajstić information content (AvgIpc) is 3.16. The molecule has 1 aliphatic rings. The lowest BCUT2D eigenvalue weighted by molar-refractivity contribution is 0.0743.